The maximum absolute atomic E-state index is 12.0. The third-order valence-electron chi connectivity index (χ3n) is 3.01. The summed E-state index contributed by atoms with van der Waals surface area (Å²) in [6.45, 7) is 2.54. The number of carboxylic acid groups (broad SMARTS) is 1. The van der Waals surface area contributed by atoms with E-state index in [2.05, 4.69) is 0 Å². The van der Waals surface area contributed by atoms with E-state index in [1.54, 1.807) is 0 Å². The zero-order valence-corrected chi connectivity index (χ0v) is 11.6. The fraction of sp³-hybridized carbons (Fsp3) is 0.273. The van der Waals surface area contributed by atoms with Crippen LogP contribution in [0, 0.1) is 0 Å². The Kier molecular flexibility index (Phi) is 2.87. The van der Waals surface area contributed by atoms with Gasteiger partial charge in [-0.1, -0.05) is 17.7 Å². The first-order valence-corrected chi connectivity index (χ1v) is 7.05. The quantitative estimate of drug-likeness (QED) is 0.893. The monoisotopic (exact) mass is 303 g/mol. The molecule has 1 amide bonds. The maximum Gasteiger partial charge on any atom is 0.339 e. The van der Waals surface area contributed by atoms with Crippen LogP contribution in [0.15, 0.2) is 18.2 Å². The first-order chi connectivity index (χ1) is 8.62. The van der Waals surface area contributed by atoms with Crippen molar-refractivity contribution in [3.8, 4) is 0 Å². The van der Waals surface area contributed by atoms with E-state index in [9.17, 15) is 18.0 Å². The van der Waals surface area contributed by atoms with Crippen molar-refractivity contribution in [1.29, 1.82) is 0 Å². The zero-order valence-electron chi connectivity index (χ0n) is 10.0. The van der Waals surface area contributed by atoms with Crippen LogP contribution in [-0.4, -0.2) is 30.1 Å². The summed E-state index contributed by atoms with van der Waals surface area (Å²) in [6, 6.07) is 3.94. The average molecular weight is 304 g/mol. The lowest BCUT2D eigenvalue weighted by molar-refractivity contribution is -0.120. The summed E-state index contributed by atoms with van der Waals surface area (Å²) >= 11 is 5.75. The van der Waals surface area contributed by atoms with Gasteiger partial charge in [0.1, 0.15) is 5.56 Å². The summed E-state index contributed by atoms with van der Waals surface area (Å²) in [5, 5.41) is 8.96. The molecule has 0 saturated carbocycles. The summed E-state index contributed by atoms with van der Waals surface area (Å²) < 4.78 is 23.0. The second kappa shape index (κ2) is 3.94. The van der Waals surface area contributed by atoms with Crippen molar-refractivity contribution in [2.75, 3.05) is 4.31 Å². The molecule has 0 bridgehead atoms. The number of carbonyl (C=O) groups is 2. The van der Waals surface area contributed by atoms with Gasteiger partial charge in [-0.15, -0.1) is 0 Å². The van der Waals surface area contributed by atoms with E-state index in [0.29, 0.717) is 4.31 Å². The first-order valence-electron chi connectivity index (χ1n) is 5.23. The molecule has 2 rings (SSSR count). The SMILES string of the molecule is CC1(C)C(=O)N(c2cccc(Cl)c2C(=O)O)S1(=O)=O. The van der Waals surface area contributed by atoms with Crippen molar-refractivity contribution in [2.24, 2.45) is 0 Å². The molecule has 1 aliphatic heterocycles. The van der Waals surface area contributed by atoms with Crippen LogP contribution in [0.4, 0.5) is 5.69 Å². The molecule has 6 nitrogen and oxygen atoms in total. The topological polar surface area (TPSA) is 91.8 Å². The van der Waals surface area contributed by atoms with Gasteiger partial charge < -0.3 is 5.11 Å². The maximum atomic E-state index is 12.0. The third kappa shape index (κ3) is 1.65. The number of rotatable bonds is 2. The lowest BCUT2D eigenvalue weighted by Gasteiger charge is -2.43. The molecule has 1 saturated heterocycles. The van der Waals surface area contributed by atoms with Crippen LogP contribution in [0.25, 0.3) is 0 Å². The van der Waals surface area contributed by atoms with Gasteiger partial charge in [-0.2, -0.15) is 0 Å². The summed E-state index contributed by atoms with van der Waals surface area (Å²) in [5.74, 6) is -2.08. The second-order valence-electron chi connectivity index (χ2n) is 4.52. The lowest BCUT2D eigenvalue weighted by Crippen LogP contribution is -2.68. The van der Waals surface area contributed by atoms with E-state index >= 15 is 0 Å². The zero-order chi connectivity index (χ0) is 14.6. The van der Waals surface area contributed by atoms with Crippen LogP contribution >= 0.6 is 11.6 Å². The Morgan fingerprint density at radius 2 is 1.95 bits per heavy atom. The van der Waals surface area contributed by atoms with Crippen LogP contribution in [0.5, 0.6) is 0 Å². The van der Waals surface area contributed by atoms with Crippen LogP contribution in [0.3, 0.4) is 0 Å². The molecule has 0 atom stereocenters. The number of nitrogens with zero attached hydrogens (tertiary/aromatic N) is 1. The van der Waals surface area contributed by atoms with Crippen LogP contribution < -0.4 is 4.31 Å². The van der Waals surface area contributed by atoms with E-state index in [1.165, 1.54) is 32.0 Å². The largest absolute Gasteiger partial charge is 0.478 e. The Labute approximate surface area is 114 Å². The van der Waals surface area contributed by atoms with Crippen LogP contribution in [0.2, 0.25) is 5.02 Å². The summed E-state index contributed by atoms with van der Waals surface area (Å²) in [4.78, 5) is 23.0. The number of hydrogen-bond donors (Lipinski definition) is 1. The van der Waals surface area contributed by atoms with E-state index in [0.717, 1.165) is 0 Å². The second-order valence-corrected chi connectivity index (χ2v) is 7.27. The smallest absolute Gasteiger partial charge is 0.339 e. The summed E-state index contributed by atoms with van der Waals surface area (Å²) in [6.07, 6.45) is 0. The van der Waals surface area contributed by atoms with Crippen LogP contribution in [0.1, 0.15) is 24.2 Å². The summed E-state index contributed by atoms with van der Waals surface area (Å²) in [5.41, 5.74) is -0.638. The van der Waals surface area contributed by atoms with Crippen molar-refractivity contribution in [3.05, 3.63) is 28.8 Å². The number of anilines is 1. The van der Waals surface area contributed by atoms with Gasteiger partial charge in [-0.05, 0) is 26.0 Å². The molecule has 1 aromatic carbocycles. The number of carbonyl (C=O) groups excluding carboxylic acids is 1. The molecule has 1 fully saturated rings. The molecule has 0 unspecified atom stereocenters. The number of aromatic carboxylic acids is 1. The molecule has 0 aliphatic carbocycles. The van der Waals surface area contributed by atoms with E-state index in [1.807, 2.05) is 0 Å². The highest BCUT2D eigenvalue weighted by molar-refractivity contribution is 7.98. The highest BCUT2D eigenvalue weighted by atomic mass is 35.5. The highest BCUT2D eigenvalue weighted by Gasteiger charge is 2.61. The van der Waals surface area contributed by atoms with Crippen molar-refractivity contribution < 1.29 is 23.1 Å². The third-order valence-corrected chi connectivity index (χ3v) is 5.63. The van der Waals surface area contributed by atoms with Crippen molar-refractivity contribution in [1.82, 2.24) is 0 Å². The van der Waals surface area contributed by atoms with Crippen molar-refractivity contribution >= 4 is 39.2 Å². The van der Waals surface area contributed by atoms with Gasteiger partial charge in [0, 0.05) is 0 Å². The van der Waals surface area contributed by atoms with Crippen LogP contribution in [-0.2, 0) is 14.8 Å². The number of carboxylic acids is 1. The van der Waals surface area contributed by atoms with E-state index in [-0.39, 0.29) is 10.7 Å². The predicted molar refractivity (Wildman–Crippen MR) is 68.9 cm³/mol. The fourth-order valence-corrected chi connectivity index (χ4v) is 3.53. The number of halogens is 1. The number of benzene rings is 1. The van der Waals surface area contributed by atoms with Gasteiger partial charge in [-0.25, -0.2) is 17.5 Å². The molecule has 1 N–H and O–H groups in total. The van der Waals surface area contributed by atoms with Gasteiger partial charge in [0.25, 0.3) is 15.9 Å². The lowest BCUT2D eigenvalue weighted by atomic mass is 10.1. The average Bonchev–Trinajstić information content (AvgIpc) is 2.28. The number of hydrogen-bond acceptors (Lipinski definition) is 4. The molecule has 0 spiro atoms. The van der Waals surface area contributed by atoms with E-state index < -0.39 is 32.2 Å². The highest BCUT2D eigenvalue weighted by Crippen LogP contribution is 2.41. The van der Waals surface area contributed by atoms with Crippen molar-refractivity contribution in [2.45, 2.75) is 18.6 Å². The van der Waals surface area contributed by atoms with Crippen molar-refractivity contribution in [3.63, 3.8) is 0 Å². The summed E-state index contributed by atoms with van der Waals surface area (Å²) in [7, 11) is -3.91. The van der Waals surface area contributed by atoms with Gasteiger partial charge in [-0.3, -0.25) is 4.79 Å². The fourth-order valence-electron chi connectivity index (χ4n) is 1.79. The molecule has 1 aromatic rings. The molecule has 0 radical (unpaired) electrons. The Morgan fingerprint density at radius 3 is 2.42 bits per heavy atom. The minimum absolute atomic E-state index is 0.127. The normalized spacial score (nSPS) is 19.9. The molecular formula is C11H10ClNO5S. The Bertz CT molecular complexity index is 695. The van der Waals surface area contributed by atoms with Gasteiger partial charge >= 0.3 is 5.97 Å². The standard InChI is InChI=1S/C11H10ClNO5S/c1-11(2)10(16)13(19(11,17)18)7-5-3-4-6(12)8(7)9(14)15/h3-5H,1-2H3,(H,14,15). The van der Waals surface area contributed by atoms with E-state index in [4.69, 9.17) is 16.7 Å². The Hall–Kier alpha value is -1.60. The number of amides is 1. The molecule has 1 aliphatic rings. The van der Waals surface area contributed by atoms with Gasteiger partial charge in [0.05, 0.1) is 10.7 Å². The number of sulfonamides is 1. The molecular weight excluding hydrogens is 294 g/mol. The molecule has 1 heterocycles. The Morgan fingerprint density at radius 1 is 1.37 bits per heavy atom. The van der Waals surface area contributed by atoms with Gasteiger partial charge in [0.2, 0.25) is 0 Å². The first kappa shape index (κ1) is 13.8. The Balaban J connectivity index is 2.67. The van der Waals surface area contributed by atoms with Gasteiger partial charge in [0.15, 0.2) is 4.75 Å². The minimum Gasteiger partial charge on any atom is -0.478 e. The molecule has 0 aromatic heterocycles. The predicted octanol–water partition coefficient (Wildman–Crippen LogP) is 1.49. The molecule has 19 heavy (non-hydrogen) atoms. The molecule has 102 valence electrons. The minimum atomic E-state index is -3.91. The molecule has 8 heteroatoms.